The molecule has 6 heteroatoms. The lowest BCUT2D eigenvalue weighted by Crippen LogP contribution is -2.18. The fourth-order valence-corrected chi connectivity index (χ4v) is 7.26. The van der Waals surface area contributed by atoms with Crippen LogP contribution in [0.1, 0.15) is 0 Å². The van der Waals surface area contributed by atoms with Crippen molar-refractivity contribution in [2.75, 3.05) is 24.0 Å². The van der Waals surface area contributed by atoms with Crippen LogP contribution in [0.4, 0.5) is 34.1 Å². The highest BCUT2D eigenvalue weighted by atomic mass is 32.2. The van der Waals surface area contributed by atoms with Gasteiger partial charge < -0.3 is 19.3 Å². The molecule has 0 saturated carbocycles. The largest absolute Gasteiger partial charge is 0.494 e. The van der Waals surface area contributed by atoms with E-state index < -0.39 is 0 Å². The summed E-state index contributed by atoms with van der Waals surface area (Å²) in [4.78, 5) is 9.36. The fraction of sp³-hybridized carbons (Fsp3) is 0.0625. The number of benzene rings is 5. The van der Waals surface area contributed by atoms with Crippen LogP contribution in [0.25, 0.3) is 0 Å². The number of anilines is 6. The van der Waals surface area contributed by atoms with Gasteiger partial charge in [0, 0.05) is 31.7 Å². The number of nitrogens with zero attached hydrogens (tertiary/aromatic N) is 2. The maximum Gasteiger partial charge on any atom is 0.145 e. The highest BCUT2D eigenvalue weighted by molar-refractivity contribution is 8.00. The predicted octanol–water partition coefficient (Wildman–Crippen LogP) is 9.57. The van der Waals surface area contributed by atoms with Crippen molar-refractivity contribution in [1.29, 1.82) is 0 Å². The van der Waals surface area contributed by atoms with Crippen molar-refractivity contribution in [2.24, 2.45) is 0 Å². The minimum atomic E-state index is 0.769. The van der Waals surface area contributed by atoms with Crippen molar-refractivity contribution in [3.05, 3.63) is 109 Å². The van der Waals surface area contributed by atoms with E-state index in [4.69, 9.17) is 9.47 Å². The van der Waals surface area contributed by atoms with Gasteiger partial charge in [-0.25, -0.2) is 0 Å². The Kier molecular flexibility index (Phi) is 5.72. The van der Waals surface area contributed by atoms with Crippen LogP contribution in [0.15, 0.2) is 129 Å². The lowest BCUT2D eigenvalue weighted by molar-refractivity contribution is 0.405. The molecule has 0 aromatic heterocycles. The first-order valence-electron chi connectivity index (χ1n) is 12.3. The third-order valence-corrected chi connectivity index (χ3v) is 9.09. The van der Waals surface area contributed by atoms with Gasteiger partial charge in [0.15, 0.2) is 0 Å². The van der Waals surface area contributed by atoms with Gasteiger partial charge >= 0.3 is 0 Å². The average Bonchev–Trinajstić information content (AvgIpc) is 2.98. The molecule has 2 aliphatic heterocycles. The normalized spacial score (nSPS) is 13.2. The Labute approximate surface area is 230 Å². The Morgan fingerprint density at radius 2 is 0.711 bits per heavy atom. The quantitative estimate of drug-likeness (QED) is 0.224. The molecule has 0 bridgehead atoms. The summed E-state index contributed by atoms with van der Waals surface area (Å²) in [5.41, 5.74) is 6.34. The number of para-hydroxylation sites is 4. The number of hydrogen-bond donors (Lipinski definition) is 0. The summed E-state index contributed by atoms with van der Waals surface area (Å²) >= 11 is 3.58. The molecule has 0 aliphatic carbocycles. The molecule has 0 N–H and O–H groups in total. The molecular formula is C32H24N2O2S2. The van der Waals surface area contributed by atoms with E-state index in [-0.39, 0.29) is 0 Å². The third kappa shape index (κ3) is 3.63. The van der Waals surface area contributed by atoms with Crippen LogP contribution in [-0.4, -0.2) is 14.2 Å². The van der Waals surface area contributed by atoms with Crippen molar-refractivity contribution in [2.45, 2.75) is 19.6 Å². The van der Waals surface area contributed by atoms with Gasteiger partial charge in [-0.1, -0.05) is 72.1 Å². The molecule has 2 heterocycles. The second-order valence-corrected chi connectivity index (χ2v) is 11.1. The summed E-state index contributed by atoms with van der Waals surface area (Å²) in [5, 5.41) is 0. The second kappa shape index (κ2) is 9.39. The van der Waals surface area contributed by atoms with Crippen LogP contribution in [0.5, 0.6) is 11.5 Å². The Hall–Kier alpha value is -4.00. The van der Waals surface area contributed by atoms with Gasteiger partial charge in [0.2, 0.25) is 0 Å². The van der Waals surface area contributed by atoms with E-state index in [1.807, 2.05) is 0 Å². The standard InChI is InChI=1S/C32H24N2O2S2/c1-35-27-19-26(34-23-13-5-9-17-31(23)38-32-18-10-6-14-24(32)34)28(36-2)20-25(27)33-21-11-3-7-15-29(21)37-30-16-8-4-12-22(30)33/h3-20H,1-2H3. The SMILES string of the molecule is COc1cc(N2c3ccccc3Sc3ccccc32)c(OC)cc1N1c2ccccc2Sc2ccccc21. The molecule has 7 rings (SSSR count). The Bertz CT molecular complexity index is 1470. The number of methoxy groups -OCH3 is 2. The maximum absolute atomic E-state index is 6.10. The van der Waals surface area contributed by atoms with Crippen molar-refractivity contribution in [3.8, 4) is 11.5 Å². The molecule has 0 saturated heterocycles. The lowest BCUT2D eigenvalue weighted by atomic mass is 10.1. The molecule has 0 spiro atoms. The van der Waals surface area contributed by atoms with Crippen LogP contribution < -0.4 is 19.3 Å². The zero-order valence-corrected chi connectivity index (χ0v) is 22.6. The molecule has 0 atom stereocenters. The first-order valence-corrected chi connectivity index (χ1v) is 14.0. The molecule has 186 valence electrons. The molecule has 5 aromatic rings. The minimum absolute atomic E-state index is 0.769. The van der Waals surface area contributed by atoms with E-state index >= 15 is 0 Å². The number of fused-ring (bicyclic) bond motifs is 4. The van der Waals surface area contributed by atoms with Crippen LogP contribution >= 0.6 is 23.5 Å². The van der Waals surface area contributed by atoms with E-state index in [0.29, 0.717) is 0 Å². The number of hydrogen-bond acceptors (Lipinski definition) is 6. The smallest absolute Gasteiger partial charge is 0.145 e. The zero-order valence-electron chi connectivity index (χ0n) is 20.9. The van der Waals surface area contributed by atoms with E-state index in [9.17, 15) is 0 Å². The van der Waals surface area contributed by atoms with Crippen LogP contribution in [0.2, 0.25) is 0 Å². The first-order chi connectivity index (χ1) is 18.8. The van der Waals surface area contributed by atoms with E-state index in [2.05, 4.69) is 119 Å². The zero-order chi connectivity index (χ0) is 25.6. The van der Waals surface area contributed by atoms with Gasteiger partial charge in [0.25, 0.3) is 0 Å². The van der Waals surface area contributed by atoms with E-state index in [0.717, 1.165) is 45.6 Å². The van der Waals surface area contributed by atoms with Gasteiger partial charge in [-0.2, -0.15) is 0 Å². The van der Waals surface area contributed by atoms with E-state index in [1.165, 1.54) is 19.6 Å². The summed E-state index contributed by atoms with van der Waals surface area (Å²) in [6, 6.07) is 38.2. The molecular weight excluding hydrogens is 508 g/mol. The molecule has 0 unspecified atom stereocenters. The van der Waals surface area contributed by atoms with Gasteiger partial charge in [0.05, 0.1) is 48.3 Å². The summed E-state index contributed by atoms with van der Waals surface area (Å²) in [6.07, 6.45) is 0. The first kappa shape index (κ1) is 23.1. The third-order valence-electron chi connectivity index (χ3n) is 6.83. The minimum Gasteiger partial charge on any atom is -0.494 e. The van der Waals surface area contributed by atoms with Crippen molar-refractivity contribution < 1.29 is 9.47 Å². The molecule has 5 aromatic carbocycles. The Morgan fingerprint density at radius 3 is 1.00 bits per heavy atom. The van der Waals surface area contributed by atoms with Gasteiger partial charge in [-0.3, -0.25) is 0 Å². The molecule has 4 nitrogen and oxygen atoms in total. The van der Waals surface area contributed by atoms with Crippen LogP contribution in [-0.2, 0) is 0 Å². The Morgan fingerprint density at radius 1 is 0.421 bits per heavy atom. The maximum atomic E-state index is 6.10. The molecule has 0 radical (unpaired) electrons. The lowest BCUT2D eigenvalue weighted by Gasteiger charge is -2.36. The summed E-state index contributed by atoms with van der Waals surface area (Å²) in [6.45, 7) is 0. The van der Waals surface area contributed by atoms with Gasteiger partial charge in [-0.05, 0) is 48.5 Å². The molecule has 2 aliphatic rings. The highest BCUT2D eigenvalue weighted by Gasteiger charge is 2.31. The average molecular weight is 533 g/mol. The predicted molar refractivity (Wildman–Crippen MR) is 157 cm³/mol. The van der Waals surface area contributed by atoms with E-state index in [1.54, 1.807) is 37.7 Å². The molecule has 0 fully saturated rings. The van der Waals surface area contributed by atoms with Gasteiger partial charge in [0.1, 0.15) is 11.5 Å². The monoisotopic (exact) mass is 532 g/mol. The number of rotatable bonds is 4. The van der Waals surface area contributed by atoms with Crippen molar-refractivity contribution >= 4 is 57.6 Å². The Balaban J connectivity index is 1.46. The fourth-order valence-electron chi connectivity index (χ4n) is 5.14. The molecule has 38 heavy (non-hydrogen) atoms. The topological polar surface area (TPSA) is 24.9 Å². The molecule has 0 amide bonds. The second-order valence-electron chi connectivity index (χ2n) is 8.94. The highest BCUT2D eigenvalue weighted by Crippen LogP contribution is 2.57. The van der Waals surface area contributed by atoms with Crippen molar-refractivity contribution in [3.63, 3.8) is 0 Å². The van der Waals surface area contributed by atoms with Crippen LogP contribution in [0.3, 0.4) is 0 Å². The van der Waals surface area contributed by atoms with Gasteiger partial charge in [-0.15, -0.1) is 0 Å². The number of ether oxygens (including phenoxy) is 2. The summed E-state index contributed by atoms with van der Waals surface area (Å²) < 4.78 is 12.2. The summed E-state index contributed by atoms with van der Waals surface area (Å²) in [5.74, 6) is 1.54. The van der Waals surface area contributed by atoms with Crippen molar-refractivity contribution in [1.82, 2.24) is 0 Å². The summed E-state index contributed by atoms with van der Waals surface area (Å²) in [7, 11) is 3.47. The van der Waals surface area contributed by atoms with Crippen LogP contribution in [0, 0.1) is 0 Å².